The van der Waals surface area contributed by atoms with E-state index in [-0.39, 0.29) is 11.7 Å². The van der Waals surface area contributed by atoms with Gasteiger partial charge in [0.1, 0.15) is 0 Å². The van der Waals surface area contributed by atoms with E-state index in [9.17, 15) is 4.79 Å². The van der Waals surface area contributed by atoms with Crippen LogP contribution >= 0.6 is 23.6 Å². The lowest BCUT2D eigenvalue weighted by Gasteiger charge is -2.00. The van der Waals surface area contributed by atoms with Gasteiger partial charge >= 0.3 is 0 Å². The minimum absolute atomic E-state index is 0.275. The van der Waals surface area contributed by atoms with E-state index in [2.05, 4.69) is 5.32 Å². The van der Waals surface area contributed by atoms with Crippen molar-refractivity contribution >= 4 is 40.2 Å². The van der Waals surface area contributed by atoms with Crippen molar-refractivity contribution in [3.8, 4) is 0 Å². The number of nitrogens with one attached hydrogen (secondary N) is 1. The van der Waals surface area contributed by atoms with Crippen molar-refractivity contribution < 1.29 is 13.9 Å². The van der Waals surface area contributed by atoms with Crippen LogP contribution in [0.5, 0.6) is 0 Å². The Hall–Kier alpha value is -1.66. The van der Waals surface area contributed by atoms with Gasteiger partial charge in [-0.3, -0.25) is 4.79 Å². The number of thiophene rings is 1. The summed E-state index contributed by atoms with van der Waals surface area (Å²) in [5.74, 6) is -0.00717. The Balaban J connectivity index is 2.17. The molecule has 0 fully saturated rings. The van der Waals surface area contributed by atoms with Crippen LogP contribution in [0.4, 0.5) is 5.69 Å². The summed E-state index contributed by atoms with van der Waals surface area (Å²) in [5.41, 5.74) is 0.718. The molecule has 0 spiro atoms. The van der Waals surface area contributed by atoms with E-state index in [1.54, 1.807) is 18.2 Å². The highest BCUT2D eigenvalue weighted by Gasteiger charge is 2.14. The van der Waals surface area contributed by atoms with Gasteiger partial charge in [-0.25, -0.2) is 0 Å². The summed E-state index contributed by atoms with van der Waals surface area (Å²) >= 11 is 6.52. The molecule has 2 aromatic rings. The zero-order chi connectivity index (χ0) is 13.1. The molecule has 2 rings (SSSR count). The molecule has 0 aliphatic carbocycles. The molecule has 0 saturated carbocycles. The molecule has 0 aliphatic rings. The van der Waals surface area contributed by atoms with Crippen LogP contribution in [0.1, 0.15) is 20.3 Å². The summed E-state index contributed by atoms with van der Waals surface area (Å²) < 4.78 is 10.0. The van der Waals surface area contributed by atoms with Gasteiger partial charge in [0, 0.05) is 4.88 Å². The average molecular weight is 281 g/mol. The number of hydrogen-bond donors (Lipinski definition) is 1. The molecule has 2 aromatic heterocycles. The minimum Gasteiger partial charge on any atom is -0.486 e. The summed E-state index contributed by atoms with van der Waals surface area (Å²) in [7, 11) is 1.53. The molecular weight excluding hydrogens is 270 g/mol. The highest BCUT2D eigenvalue weighted by molar-refractivity contribution is 7.80. The van der Waals surface area contributed by atoms with Crippen molar-refractivity contribution in [1.82, 2.24) is 0 Å². The van der Waals surface area contributed by atoms with Crippen molar-refractivity contribution in [1.29, 1.82) is 0 Å². The molecule has 94 valence electrons. The fourth-order valence-electron chi connectivity index (χ4n) is 1.40. The summed E-state index contributed by atoms with van der Waals surface area (Å²) in [6.07, 6.45) is 1.46. The molecule has 6 heteroatoms. The van der Waals surface area contributed by atoms with Crippen LogP contribution in [0, 0.1) is 6.92 Å². The fourth-order valence-corrected chi connectivity index (χ4v) is 2.48. The number of thiocarbonyl (C=S) groups is 1. The molecule has 0 radical (unpaired) electrons. The molecule has 4 nitrogen and oxygen atoms in total. The minimum atomic E-state index is -0.282. The zero-order valence-corrected chi connectivity index (χ0v) is 11.5. The summed E-state index contributed by atoms with van der Waals surface area (Å²) in [5, 5.41) is 3.19. The molecule has 0 atom stereocenters. The van der Waals surface area contributed by atoms with Gasteiger partial charge in [-0.05, 0) is 37.3 Å². The van der Waals surface area contributed by atoms with Crippen LogP contribution in [0.3, 0.4) is 0 Å². The number of furan rings is 1. The van der Waals surface area contributed by atoms with E-state index in [1.807, 2.05) is 6.92 Å². The van der Waals surface area contributed by atoms with E-state index in [0.29, 0.717) is 5.05 Å². The molecule has 0 aliphatic heterocycles. The second-order valence-electron chi connectivity index (χ2n) is 3.50. The predicted octanol–water partition coefficient (Wildman–Crippen LogP) is 3.22. The molecule has 0 aromatic carbocycles. The van der Waals surface area contributed by atoms with Crippen LogP contribution < -0.4 is 5.32 Å². The van der Waals surface area contributed by atoms with Crippen LogP contribution in [-0.2, 0) is 4.74 Å². The molecule has 0 unspecified atom stereocenters. The number of amides is 1. The van der Waals surface area contributed by atoms with E-state index < -0.39 is 0 Å². The number of rotatable bonds is 3. The lowest BCUT2D eigenvalue weighted by molar-refractivity contribution is 0.0996. The van der Waals surface area contributed by atoms with E-state index >= 15 is 0 Å². The first-order valence-corrected chi connectivity index (χ1v) is 6.38. The van der Waals surface area contributed by atoms with Crippen LogP contribution in [0.2, 0.25) is 0 Å². The summed E-state index contributed by atoms with van der Waals surface area (Å²) in [4.78, 5) is 13.6. The Morgan fingerprint density at radius 2 is 2.33 bits per heavy atom. The van der Waals surface area contributed by atoms with Gasteiger partial charge in [0.15, 0.2) is 5.76 Å². The Labute approximate surface area is 114 Å². The van der Waals surface area contributed by atoms with Crippen molar-refractivity contribution in [3.05, 3.63) is 40.0 Å². The highest BCUT2D eigenvalue weighted by atomic mass is 32.1. The lowest BCUT2D eigenvalue weighted by atomic mass is 10.3. The quantitative estimate of drug-likeness (QED) is 0.878. The van der Waals surface area contributed by atoms with Gasteiger partial charge in [-0.15, -0.1) is 11.3 Å². The van der Waals surface area contributed by atoms with Crippen molar-refractivity contribution in [2.24, 2.45) is 0 Å². The first kappa shape index (κ1) is 12.8. The molecule has 1 amide bonds. The maximum Gasteiger partial charge on any atom is 0.291 e. The van der Waals surface area contributed by atoms with Crippen molar-refractivity contribution in [2.75, 3.05) is 12.4 Å². The first-order chi connectivity index (χ1) is 8.61. The average Bonchev–Trinajstić information content (AvgIpc) is 2.99. The number of methoxy groups -OCH3 is 1. The molecule has 0 saturated heterocycles. The largest absolute Gasteiger partial charge is 0.486 e. The normalized spacial score (nSPS) is 10.1. The van der Waals surface area contributed by atoms with Gasteiger partial charge in [-0.1, -0.05) is 0 Å². The smallest absolute Gasteiger partial charge is 0.291 e. The zero-order valence-electron chi connectivity index (χ0n) is 9.85. The standard InChI is InChI=1S/C12H11NO3S2/c1-7-8(6-10(18-7)12(17)15-2)13-11(14)9-4-3-5-16-9/h3-6H,1-2H3,(H,13,14). The molecule has 2 heterocycles. The third-order valence-electron chi connectivity index (χ3n) is 2.30. The second-order valence-corrected chi connectivity index (χ2v) is 5.13. The van der Waals surface area contributed by atoms with Gasteiger partial charge < -0.3 is 14.5 Å². The summed E-state index contributed by atoms with van der Waals surface area (Å²) in [6.45, 7) is 1.91. The third-order valence-corrected chi connectivity index (χ3v) is 3.86. The van der Waals surface area contributed by atoms with E-state index in [0.717, 1.165) is 15.4 Å². The SMILES string of the molecule is COC(=S)c1cc(NC(=O)c2ccco2)c(C)s1. The number of anilines is 1. The first-order valence-electron chi connectivity index (χ1n) is 5.15. The van der Waals surface area contributed by atoms with Crippen LogP contribution in [-0.4, -0.2) is 18.1 Å². The van der Waals surface area contributed by atoms with E-state index in [1.165, 1.54) is 24.7 Å². The number of aryl methyl sites for hydroxylation is 1. The van der Waals surface area contributed by atoms with Crippen molar-refractivity contribution in [2.45, 2.75) is 6.92 Å². The number of hydrogen-bond acceptors (Lipinski definition) is 5. The number of carbonyl (C=O) groups excluding carboxylic acids is 1. The third kappa shape index (κ3) is 2.60. The van der Waals surface area contributed by atoms with Gasteiger partial charge in [0.05, 0.1) is 23.9 Å². The Morgan fingerprint density at radius 1 is 1.56 bits per heavy atom. The van der Waals surface area contributed by atoms with Crippen molar-refractivity contribution in [3.63, 3.8) is 0 Å². The van der Waals surface area contributed by atoms with Crippen LogP contribution in [0.25, 0.3) is 0 Å². The molecule has 1 N–H and O–H groups in total. The maximum atomic E-state index is 11.8. The molecular formula is C12H11NO3S2. The molecule has 0 bridgehead atoms. The second kappa shape index (κ2) is 5.32. The van der Waals surface area contributed by atoms with Crippen LogP contribution in [0.15, 0.2) is 28.9 Å². The van der Waals surface area contributed by atoms with Gasteiger partial charge in [-0.2, -0.15) is 0 Å². The van der Waals surface area contributed by atoms with E-state index in [4.69, 9.17) is 21.4 Å². The monoisotopic (exact) mass is 281 g/mol. The highest BCUT2D eigenvalue weighted by Crippen LogP contribution is 2.27. The van der Waals surface area contributed by atoms with Gasteiger partial charge in [0.25, 0.3) is 5.91 Å². The Morgan fingerprint density at radius 3 is 2.94 bits per heavy atom. The maximum absolute atomic E-state index is 11.8. The number of ether oxygens (including phenoxy) is 1. The fraction of sp³-hybridized carbons (Fsp3) is 0.167. The Kier molecular flexibility index (Phi) is 3.78. The Bertz CT molecular complexity index is 572. The topological polar surface area (TPSA) is 51.5 Å². The van der Waals surface area contributed by atoms with Gasteiger partial charge in [0.2, 0.25) is 5.05 Å². The lowest BCUT2D eigenvalue weighted by Crippen LogP contribution is -2.10. The predicted molar refractivity (Wildman–Crippen MR) is 74.4 cm³/mol. The number of carbonyl (C=O) groups is 1. The molecule has 18 heavy (non-hydrogen) atoms. The summed E-state index contributed by atoms with van der Waals surface area (Å²) in [6, 6.07) is 5.07.